The Kier molecular flexibility index (Phi) is 7.67. The smallest absolute Gasteiger partial charge is 0.251 e. The number of aromatic nitrogens is 1. The van der Waals surface area contributed by atoms with Crippen LogP contribution in [0.4, 0.5) is 5.82 Å². The molecule has 1 heterocycles. The minimum absolute atomic E-state index is 0. The molecular formula is C18H24Cl2N4O. The lowest BCUT2D eigenvalue weighted by atomic mass is 10.0. The highest BCUT2D eigenvalue weighted by Gasteiger charge is 2.23. The number of hydrogen-bond donors (Lipinski definition) is 3. The van der Waals surface area contributed by atoms with Gasteiger partial charge in [0.2, 0.25) is 0 Å². The second-order valence-electron chi connectivity index (χ2n) is 6.25. The minimum atomic E-state index is -0.0396. The third-order valence-electron chi connectivity index (χ3n) is 4.41. The van der Waals surface area contributed by atoms with E-state index in [1.807, 2.05) is 37.3 Å². The zero-order valence-electron chi connectivity index (χ0n) is 14.1. The molecule has 0 bridgehead atoms. The number of rotatable bonds is 3. The third-order valence-corrected chi connectivity index (χ3v) is 4.41. The molecule has 2 atom stereocenters. The molecule has 1 aromatic heterocycles. The van der Waals surface area contributed by atoms with Crippen LogP contribution < -0.4 is 16.8 Å². The van der Waals surface area contributed by atoms with E-state index in [1.165, 1.54) is 0 Å². The Morgan fingerprint density at radius 3 is 2.40 bits per heavy atom. The number of aryl methyl sites for hydroxylation is 1. The van der Waals surface area contributed by atoms with Crippen molar-refractivity contribution in [3.05, 3.63) is 47.7 Å². The Labute approximate surface area is 160 Å². The number of nitrogens with zero attached hydrogens (tertiary/aromatic N) is 1. The molecular weight excluding hydrogens is 359 g/mol. The zero-order valence-corrected chi connectivity index (χ0v) is 15.7. The summed E-state index contributed by atoms with van der Waals surface area (Å²) in [5, 5.41) is 3.05. The van der Waals surface area contributed by atoms with Crippen LogP contribution in [0.1, 0.15) is 35.2 Å². The van der Waals surface area contributed by atoms with Gasteiger partial charge in [-0.25, -0.2) is 4.98 Å². The fourth-order valence-electron chi connectivity index (χ4n) is 2.97. The Hall–Kier alpha value is -1.82. The monoisotopic (exact) mass is 382 g/mol. The number of anilines is 1. The zero-order chi connectivity index (χ0) is 16.4. The van der Waals surface area contributed by atoms with Crippen molar-refractivity contribution >= 4 is 36.5 Å². The number of nitrogen functional groups attached to an aromatic ring is 1. The van der Waals surface area contributed by atoms with Gasteiger partial charge in [0, 0.05) is 29.4 Å². The highest BCUT2D eigenvalue weighted by atomic mass is 35.5. The standard InChI is InChI=1S/C18H22N4O.2ClH/c1-11-8-14(10-21-17(11)20)12-2-4-13(5-3-12)18(23)22-16-7-6-15(19)9-16;;/h2-5,8,10,15-16H,6-7,9,19H2,1H3,(H2,20,21)(H,22,23);2*1H/t15-,16+;;/m1../s1. The molecule has 0 spiro atoms. The Bertz CT molecular complexity index is 722. The first kappa shape index (κ1) is 21.2. The fourth-order valence-corrected chi connectivity index (χ4v) is 2.97. The Balaban J connectivity index is 0.00000156. The lowest BCUT2D eigenvalue weighted by Crippen LogP contribution is -2.33. The second kappa shape index (κ2) is 9.04. The summed E-state index contributed by atoms with van der Waals surface area (Å²) in [6.45, 7) is 1.93. The van der Waals surface area contributed by atoms with Crippen molar-refractivity contribution in [2.75, 3.05) is 5.73 Å². The van der Waals surface area contributed by atoms with E-state index in [0.717, 1.165) is 36.0 Å². The molecule has 0 unspecified atom stereocenters. The molecule has 5 N–H and O–H groups in total. The summed E-state index contributed by atoms with van der Waals surface area (Å²) in [4.78, 5) is 16.4. The summed E-state index contributed by atoms with van der Waals surface area (Å²) in [7, 11) is 0. The van der Waals surface area contributed by atoms with E-state index in [0.29, 0.717) is 11.4 Å². The molecule has 0 saturated heterocycles. The largest absolute Gasteiger partial charge is 0.383 e. The summed E-state index contributed by atoms with van der Waals surface area (Å²) in [5.74, 6) is 0.502. The molecule has 1 fully saturated rings. The van der Waals surface area contributed by atoms with Gasteiger partial charge in [-0.1, -0.05) is 12.1 Å². The molecule has 0 aliphatic heterocycles. The van der Waals surface area contributed by atoms with Gasteiger partial charge in [0.25, 0.3) is 5.91 Å². The van der Waals surface area contributed by atoms with Crippen LogP contribution >= 0.6 is 24.8 Å². The van der Waals surface area contributed by atoms with Gasteiger partial charge in [-0.3, -0.25) is 4.79 Å². The SMILES string of the molecule is Cc1cc(-c2ccc(C(=O)N[C@H]3CC[C@@H](N)C3)cc2)cnc1N.Cl.Cl. The molecule has 0 radical (unpaired) electrons. The van der Waals surface area contributed by atoms with Crippen LogP contribution in [0.3, 0.4) is 0 Å². The summed E-state index contributed by atoms with van der Waals surface area (Å²) < 4.78 is 0. The molecule has 1 aromatic carbocycles. The number of pyridine rings is 1. The molecule has 5 nitrogen and oxygen atoms in total. The highest BCUT2D eigenvalue weighted by Crippen LogP contribution is 2.22. The Morgan fingerprint density at radius 1 is 1.16 bits per heavy atom. The molecule has 1 saturated carbocycles. The van der Waals surface area contributed by atoms with Gasteiger partial charge in [0.05, 0.1) is 0 Å². The van der Waals surface area contributed by atoms with Crippen LogP contribution in [0.2, 0.25) is 0 Å². The van der Waals surface area contributed by atoms with Crippen LogP contribution in [-0.4, -0.2) is 23.0 Å². The van der Waals surface area contributed by atoms with Crippen molar-refractivity contribution in [2.45, 2.75) is 38.3 Å². The highest BCUT2D eigenvalue weighted by molar-refractivity contribution is 5.94. The summed E-state index contributed by atoms with van der Waals surface area (Å²) in [5.41, 5.74) is 15.2. The van der Waals surface area contributed by atoms with Crippen molar-refractivity contribution in [1.82, 2.24) is 10.3 Å². The summed E-state index contributed by atoms with van der Waals surface area (Å²) in [6, 6.07) is 9.95. The minimum Gasteiger partial charge on any atom is -0.383 e. The third kappa shape index (κ3) is 5.08. The second-order valence-corrected chi connectivity index (χ2v) is 6.25. The van der Waals surface area contributed by atoms with E-state index in [-0.39, 0.29) is 42.8 Å². The molecule has 2 aromatic rings. The number of hydrogen-bond acceptors (Lipinski definition) is 4. The fraction of sp³-hybridized carbons (Fsp3) is 0.333. The molecule has 25 heavy (non-hydrogen) atoms. The van der Waals surface area contributed by atoms with E-state index in [1.54, 1.807) is 6.20 Å². The molecule has 3 rings (SSSR count). The number of amides is 1. The maximum Gasteiger partial charge on any atom is 0.251 e. The van der Waals surface area contributed by atoms with E-state index in [9.17, 15) is 4.79 Å². The maximum absolute atomic E-state index is 12.3. The van der Waals surface area contributed by atoms with Gasteiger partial charge < -0.3 is 16.8 Å². The number of nitrogens with two attached hydrogens (primary N) is 2. The van der Waals surface area contributed by atoms with E-state index in [4.69, 9.17) is 11.5 Å². The van der Waals surface area contributed by atoms with Crippen molar-refractivity contribution in [3.8, 4) is 11.1 Å². The van der Waals surface area contributed by atoms with Gasteiger partial charge >= 0.3 is 0 Å². The molecule has 1 aliphatic carbocycles. The summed E-state index contributed by atoms with van der Waals surface area (Å²) in [6.07, 6.45) is 4.55. The average Bonchev–Trinajstić information content (AvgIpc) is 2.95. The number of carbonyl (C=O) groups is 1. The number of halogens is 2. The Morgan fingerprint density at radius 2 is 1.84 bits per heavy atom. The van der Waals surface area contributed by atoms with Crippen molar-refractivity contribution in [2.24, 2.45) is 5.73 Å². The van der Waals surface area contributed by atoms with Gasteiger partial charge in [-0.2, -0.15) is 0 Å². The van der Waals surface area contributed by atoms with Crippen LogP contribution in [0.25, 0.3) is 11.1 Å². The van der Waals surface area contributed by atoms with Crippen LogP contribution in [0.15, 0.2) is 36.5 Å². The molecule has 136 valence electrons. The van der Waals surface area contributed by atoms with Crippen molar-refractivity contribution in [3.63, 3.8) is 0 Å². The predicted octanol–water partition coefficient (Wildman–Crippen LogP) is 3.09. The maximum atomic E-state index is 12.3. The lowest BCUT2D eigenvalue weighted by molar-refractivity contribution is 0.0937. The first-order chi connectivity index (χ1) is 11.0. The first-order valence-corrected chi connectivity index (χ1v) is 7.92. The molecule has 1 aliphatic rings. The van der Waals surface area contributed by atoms with Crippen LogP contribution in [0.5, 0.6) is 0 Å². The van der Waals surface area contributed by atoms with Gasteiger partial charge in [0.1, 0.15) is 5.82 Å². The van der Waals surface area contributed by atoms with Crippen LogP contribution in [-0.2, 0) is 0 Å². The number of nitrogens with one attached hydrogen (secondary N) is 1. The summed E-state index contributed by atoms with van der Waals surface area (Å²) >= 11 is 0. The number of benzene rings is 1. The first-order valence-electron chi connectivity index (χ1n) is 7.92. The van der Waals surface area contributed by atoms with Gasteiger partial charge in [-0.05, 0) is 55.5 Å². The van der Waals surface area contributed by atoms with E-state index in [2.05, 4.69) is 10.3 Å². The molecule has 7 heteroatoms. The normalized spacial score (nSPS) is 18.8. The van der Waals surface area contributed by atoms with Gasteiger partial charge in [-0.15, -0.1) is 24.8 Å². The number of carbonyl (C=O) groups excluding carboxylic acids is 1. The topological polar surface area (TPSA) is 94.0 Å². The van der Waals surface area contributed by atoms with Crippen LogP contribution in [0, 0.1) is 6.92 Å². The predicted molar refractivity (Wildman–Crippen MR) is 106 cm³/mol. The lowest BCUT2D eigenvalue weighted by Gasteiger charge is -2.12. The van der Waals surface area contributed by atoms with Gasteiger partial charge in [0.15, 0.2) is 0 Å². The van der Waals surface area contributed by atoms with E-state index < -0.39 is 0 Å². The quantitative estimate of drug-likeness (QED) is 0.759. The van der Waals surface area contributed by atoms with E-state index >= 15 is 0 Å². The van der Waals surface area contributed by atoms with Crippen molar-refractivity contribution < 1.29 is 4.79 Å². The average molecular weight is 383 g/mol. The molecule has 1 amide bonds. The van der Waals surface area contributed by atoms with Crippen molar-refractivity contribution in [1.29, 1.82) is 0 Å².